The number of anilines is 1. The molecule has 2 saturated heterocycles. The highest BCUT2D eigenvalue weighted by molar-refractivity contribution is 7.13. The number of amides is 1. The molecule has 0 radical (unpaired) electrons. The van der Waals surface area contributed by atoms with Crippen LogP contribution in [0.4, 0.5) is 5.13 Å². The number of nitrogens with one attached hydrogen (secondary N) is 2. The molecule has 3 heterocycles. The average molecular weight is 323 g/mol. The molecular weight excluding hydrogens is 298 g/mol. The van der Waals surface area contributed by atoms with E-state index in [0.717, 1.165) is 56.6 Å². The molecular formula is C15H25N5OS. The van der Waals surface area contributed by atoms with E-state index in [-0.39, 0.29) is 5.91 Å². The number of carbonyl (C=O) groups excluding carboxylic acids is 1. The van der Waals surface area contributed by atoms with Crippen LogP contribution in [0.2, 0.25) is 0 Å². The van der Waals surface area contributed by atoms with Crippen LogP contribution >= 0.6 is 11.3 Å². The number of hydrogen-bond donors (Lipinski definition) is 2. The third-order valence-electron chi connectivity index (χ3n) is 4.42. The monoisotopic (exact) mass is 323 g/mol. The van der Waals surface area contributed by atoms with Crippen molar-refractivity contribution < 1.29 is 4.79 Å². The summed E-state index contributed by atoms with van der Waals surface area (Å²) in [5, 5.41) is 10.1. The Kier molecular flexibility index (Phi) is 5.28. The van der Waals surface area contributed by atoms with Gasteiger partial charge in [0.05, 0.1) is 5.69 Å². The molecule has 22 heavy (non-hydrogen) atoms. The van der Waals surface area contributed by atoms with Crippen LogP contribution in [0.15, 0.2) is 5.38 Å². The van der Waals surface area contributed by atoms with Crippen molar-refractivity contribution in [1.82, 2.24) is 20.1 Å². The summed E-state index contributed by atoms with van der Waals surface area (Å²) < 4.78 is 0. The van der Waals surface area contributed by atoms with Crippen LogP contribution in [0.5, 0.6) is 0 Å². The maximum Gasteiger partial charge on any atom is 0.219 e. The smallest absolute Gasteiger partial charge is 0.219 e. The first-order chi connectivity index (χ1) is 10.7. The maximum atomic E-state index is 11.3. The van der Waals surface area contributed by atoms with Gasteiger partial charge in [0, 0.05) is 57.6 Å². The summed E-state index contributed by atoms with van der Waals surface area (Å²) >= 11 is 1.69. The summed E-state index contributed by atoms with van der Waals surface area (Å²) in [5.41, 5.74) is 1.13. The van der Waals surface area contributed by atoms with Gasteiger partial charge in [-0.05, 0) is 19.4 Å². The van der Waals surface area contributed by atoms with Gasteiger partial charge < -0.3 is 15.5 Å². The Morgan fingerprint density at radius 3 is 2.95 bits per heavy atom. The van der Waals surface area contributed by atoms with E-state index in [4.69, 9.17) is 0 Å². The van der Waals surface area contributed by atoms with Crippen molar-refractivity contribution in [3.63, 3.8) is 0 Å². The second-order valence-electron chi connectivity index (χ2n) is 6.10. The minimum Gasteiger partial charge on any atom is -0.360 e. The summed E-state index contributed by atoms with van der Waals surface area (Å²) in [6.07, 6.45) is 2.54. The van der Waals surface area contributed by atoms with Gasteiger partial charge >= 0.3 is 0 Å². The maximum absolute atomic E-state index is 11.3. The topological polar surface area (TPSA) is 60.5 Å². The van der Waals surface area contributed by atoms with E-state index in [1.165, 1.54) is 12.8 Å². The fraction of sp³-hybridized carbons (Fsp3) is 0.733. The Bertz CT molecular complexity index is 492. The number of nitrogens with zero attached hydrogens (tertiary/aromatic N) is 3. The zero-order valence-corrected chi connectivity index (χ0v) is 14.0. The molecule has 1 aromatic heterocycles. The number of thiazole rings is 1. The molecule has 3 rings (SSSR count). The van der Waals surface area contributed by atoms with Crippen LogP contribution < -0.4 is 10.6 Å². The Morgan fingerprint density at radius 2 is 2.27 bits per heavy atom. The molecule has 1 amide bonds. The Morgan fingerprint density at radius 1 is 1.45 bits per heavy atom. The van der Waals surface area contributed by atoms with E-state index < -0.39 is 0 Å². The Balaban J connectivity index is 1.42. The van der Waals surface area contributed by atoms with Gasteiger partial charge in [-0.1, -0.05) is 0 Å². The second-order valence-corrected chi connectivity index (χ2v) is 6.96. The van der Waals surface area contributed by atoms with E-state index in [2.05, 4.69) is 25.9 Å². The Hall–Kier alpha value is -1.18. The molecule has 0 saturated carbocycles. The highest BCUT2D eigenvalue weighted by atomic mass is 32.1. The number of piperazine rings is 1. The van der Waals surface area contributed by atoms with Gasteiger partial charge in [-0.25, -0.2) is 4.98 Å². The number of carbonyl (C=O) groups is 1. The molecule has 122 valence electrons. The summed E-state index contributed by atoms with van der Waals surface area (Å²) in [6.45, 7) is 8.17. The molecule has 2 fully saturated rings. The van der Waals surface area contributed by atoms with E-state index in [1.54, 1.807) is 18.3 Å². The van der Waals surface area contributed by atoms with Gasteiger partial charge in [0.15, 0.2) is 5.13 Å². The van der Waals surface area contributed by atoms with Gasteiger partial charge in [-0.2, -0.15) is 0 Å². The SMILES string of the molecule is CC(=O)N1CCN(Cc2csc(NC[C@@H]3CCCN3)n2)CC1. The van der Waals surface area contributed by atoms with Crippen LogP contribution in [-0.4, -0.2) is 66.0 Å². The standard InChI is InChI=1S/C15H25N5OS/c1-12(21)20-7-5-19(6-8-20)10-14-11-22-15(18-14)17-9-13-3-2-4-16-13/h11,13,16H,2-10H2,1H3,(H,17,18)/t13-/m0/s1. The van der Waals surface area contributed by atoms with Crippen molar-refractivity contribution in [3.8, 4) is 0 Å². The van der Waals surface area contributed by atoms with E-state index in [9.17, 15) is 4.79 Å². The molecule has 2 aliphatic rings. The fourth-order valence-electron chi connectivity index (χ4n) is 3.05. The van der Waals surface area contributed by atoms with Crippen LogP contribution in [0.1, 0.15) is 25.5 Å². The number of rotatable bonds is 5. The predicted molar refractivity (Wildman–Crippen MR) is 89.2 cm³/mol. The molecule has 1 aromatic rings. The molecule has 2 aliphatic heterocycles. The Labute approximate surface area is 135 Å². The van der Waals surface area contributed by atoms with Crippen LogP contribution in [-0.2, 0) is 11.3 Å². The highest BCUT2D eigenvalue weighted by Crippen LogP contribution is 2.18. The molecule has 0 aliphatic carbocycles. The molecule has 7 heteroatoms. The van der Waals surface area contributed by atoms with Crippen LogP contribution in [0.25, 0.3) is 0 Å². The average Bonchev–Trinajstić information content (AvgIpc) is 3.17. The summed E-state index contributed by atoms with van der Waals surface area (Å²) in [6, 6.07) is 0.590. The lowest BCUT2D eigenvalue weighted by Crippen LogP contribution is -2.47. The summed E-state index contributed by atoms with van der Waals surface area (Å²) in [4.78, 5) is 20.3. The van der Waals surface area contributed by atoms with Crippen molar-refractivity contribution in [1.29, 1.82) is 0 Å². The second kappa shape index (κ2) is 7.39. The van der Waals surface area contributed by atoms with Gasteiger partial charge in [0.2, 0.25) is 5.91 Å². The minimum atomic E-state index is 0.181. The molecule has 0 spiro atoms. The van der Waals surface area contributed by atoms with Crippen molar-refractivity contribution in [2.24, 2.45) is 0 Å². The first-order valence-corrected chi connectivity index (χ1v) is 8.98. The zero-order chi connectivity index (χ0) is 15.4. The lowest BCUT2D eigenvalue weighted by Gasteiger charge is -2.33. The van der Waals surface area contributed by atoms with E-state index in [1.807, 2.05) is 4.90 Å². The first kappa shape index (κ1) is 15.7. The largest absolute Gasteiger partial charge is 0.360 e. The molecule has 0 bridgehead atoms. The summed E-state index contributed by atoms with van der Waals surface area (Å²) in [5.74, 6) is 0.181. The number of aromatic nitrogens is 1. The van der Waals surface area contributed by atoms with Gasteiger partial charge in [0.25, 0.3) is 0 Å². The predicted octanol–water partition coefficient (Wildman–Crippen LogP) is 0.971. The highest BCUT2D eigenvalue weighted by Gasteiger charge is 2.19. The van der Waals surface area contributed by atoms with Crippen molar-refractivity contribution in [2.75, 3.05) is 44.6 Å². The lowest BCUT2D eigenvalue weighted by atomic mass is 10.2. The van der Waals surface area contributed by atoms with Gasteiger partial charge in [0.1, 0.15) is 0 Å². The van der Waals surface area contributed by atoms with Crippen LogP contribution in [0.3, 0.4) is 0 Å². The third kappa shape index (κ3) is 4.18. The molecule has 6 nitrogen and oxygen atoms in total. The minimum absolute atomic E-state index is 0.181. The zero-order valence-electron chi connectivity index (χ0n) is 13.2. The molecule has 0 unspecified atom stereocenters. The van der Waals surface area contributed by atoms with E-state index in [0.29, 0.717) is 6.04 Å². The first-order valence-electron chi connectivity index (χ1n) is 8.10. The molecule has 1 atom stereocenters. The van der Waals surface area contributed by atoms with Crippen LogP contribution in [0, 0.1) is 0 Å². The van der Waals surface area contributed by atoms with Crippen molar-refractivity contribution >= 4 is 22.4 Å². The normalized spacial score (nSPS) is 23.0. The third-order valence-corrected chi connectivity index (χ3v) is 5.27. The summed E-state index contributed by atoms with van der Waals surface area (Å²) in [7, 11) is 0. The molecule has 2 N–H and O–H groups in total. The van der Waals surface area contributed by atoms with Crippen molar-refractivity contribution in [2.45, 2.75) is 32.4 Å². The molecule has 0 aromatic carbocycles. The number of hydrogen-bond acceptors (Lipinski definition) is 6. The quantitative estimate of drug-likeness (QED) is 0.846. The van der Waals surface area contributed by atoms with E-state index >= 15 is 0 Å². The lowest BCUT2D eigenvalue weighted by molar-refractivity contribution is -0.130. The van der Waals surface area contributed by atoms with Gasteiger partial charge in [-0.15, -0.1) is 11.3 Å². The fourth-order valence-corrected chi connectivity index (χ4v) is 3.76. The van der Waals surface area contributed by atoms with Gasteiger partial charge in [-0.3, -0.25) is 9.69 Å². The van der Waals surface area contributed by atoms with Crippen molar-refractivity contribution in [3.05, 3.63) is 11.1 Å².